The minimum absolute atomic E-state index is 0.0394. The zero-order chi connectivity index (χ0) is 15.6. The standard InChI is InChI=1S/C11H11N3O7/c15-9(16)11(3-5-13(6-11)10(17)18)21-8-7(14(19)20)2-1-4-12-8/h1-2,4H,3,5-6H2,(H,15,16)(H,17,18). The molecule has 2 rings (SSSR count). The number of carboxylic acids is 1. The molecule has 1 aromatic rings. The molecule has 0 saturated carbocycles. The van der Waals surface area contributed by atoms with Gasteiger partial charge in [-0.25, -0.2) is 14.6 Å². The van der Waals surface area contributed by atoms with Gasteiger partial charge < -0.3 is 19.8 Å². The van der Waals surface area contributed by atoms with Crippen molar-refractivity contribution in [3.05, 3.63) is 28.4 Å². The Kier molecular flexibility index (Phi) is 3.61. The first-order valence-electron chi connectivity index (χ1n) is 5.85. The number of carbonyl (C=O) groups is 2. The van der Waals surface area contributed by atoms with Gasteiger partial charge in [0, 0.05) is 25.2 Å². The quantitative estimate of drug-likeness (QED) is 0.606. The van der Waals surface area contributed by atoms with E-state index < -0.39 is 40.7 Å². The third-order valence-electron chi connectivity index (χ3n) is 3.13. The van der Waals surface area contributed by atoms with Gasteiger partial charge in [-0.3, -0.25) is 10.1 Å². The van der Waals surface area contributed by atoms with Crippen LogP contribution in [0.15, 0.2) is 18.3 Å². The molecular formula is C11H11N3O7. The predicted molar refractivity (Wildman–Crippen MR) is 66.1 cm³/mol. The largest absolute Gasteiger partial charge is 0.478 e. The molecule has 0 aliphatic carbocycles. The van der Waals surface area contributed by atoms with E-state index >= 15 is 0 Å². The lowest BCUT2D eigenvalue weighted by atomic mass is 10.0. The third-order valence-corrected chi connectivity index (χ3v) is 3.13. The Bertz CT molecular complexity index is 605. The number of nitro groups is 1. The van der Waals surface area contributed by atoms with E-state index in [1.54, 1.807) is 0 Å². The highest BCUT2D eigenvalue weighted by Crippen LogP contribution is 2.32. The molecule has 1 unspecified atom stereocenters. The van der Waals surface area contributed by atoms with Crippen LogP contribution in [-0.4, -0.2) is 55.8 Å². The molecule has 0 aromatic carbocycles. The minimum atomic E-state index is -1.88. The van der Waals surface area contributed by atoms with Crippen LogP contribution in [0.2, 0.25) is 0 Å². The van der Waals surface area contributed by atoms with E-state index in [2.05, 4.69) is 4.98 Å². The second-order valence-electron chi connectivity index (χ2n) is 4.44. The lowest BCUT2D eigenvalue weighted by Crippen LogP contribution is -2.48. The van der Waals surface area contributed by atoms with Crippen molar-refractivity contribution in [3.63, 3.8) is 0 Å². The fourth-order valence-electron chi connectivity index (χ4n) is 2.03. The summed E-state index contributed by atoms with van der Waals surface area (Å²) in [7, 11) is 0. The highest BCUT2D eigenvalue weighted by Gasteiger charge is 2.50. The van der Waals surface area contributed by atoms with Crippen molar-refractivity contribution < 1.29 is 29.5 Å². The van der Waals surface area contributed by atoms with Crippen molar-refractivity contribution in [2.45, 2.75) is 12.0 Å². The van der Waals surface area contributed by atoms with Crippen LogP contribution in [0.4, 0.5) is 10.5 Å². The maximum Gasteiger partial charge on any atom is 0.407 e. The molecule has 2 N–H and O–H groups in total. The molecule has 10 heteroatoms. The molecule has 1 fully saturated rings. The van der Waals surface area contributed by atoms with E-state index in [0.29, 0.717) is 0 Å². The topological polar surface area (TPSA) is 143 Å². The molecule has 0 spiro atoms. The second kappa shape index (κ2) is 5.23. The van der Waals surface area contributed by atoms with Gasteiger partial charge in [0.1, 0.15) is 0 Å². The van der Waals surface area contributed by atoms with E-state index in [4.69, 9.17) is 9.84 Å². The Morgan fingerprint density at radius 2 is 2.19 bits per heavy atom. The first-order valence-corrected chi connectivity index (χ1v) is 5.85. The van der Waals surface area contributed by atoms with E-state index in [1.807, 2.05) is 0 Å². The van der Waals surface area contributed by atoms with Gasteiger partial charge in [0.2, 0.25) is 5.60 Å². The van der Waals surface area contributed by atoms with Gasteiger partial charge >= 0.3 is 17.7 Å². The number of hydrogen-bond acceptors (Lipinski definition) is 6. The number of pyridine rings is 1. The van der Waals surface area contributed by atoms with Crippen LogP contribution in [0.3, 0.4) is 0 Å². The van der Waals surface area contributed by atoms with Gasteiger partial charge in [0.25, 0.3) is 5.88 Å². The van der Waals surface area contributed by atoms with Crippen molar-refractivity contribution in [2.75, 3.05) is 13.1 Å². The summed E-state index contributed by atoms with van der Waals surface area (Å²) in [5.74, 6) is -1.84. The summed E-state index contributed by atoms with van der Waals surface area (Å²) in [6, 6.07) is 2.44. The lowest BCUT2D eigenvalue weighted by Gasteiger charge is -2.24. The summed E-state index contributed by atoms with van der Waals surface area (Å²) in [6.45, 7) is -0.465. The Morgan fingerprint density at radius 1 is 1.48 bits per heavy atom. The van der Waals surface area contributed by atoms with Gasteiger partial charge in [0.05, 0.1) is 11.5 Å². The summed E-state index contributed by atoms with van der Waals surface area (Å²) in [5, 5.41) is 29.1. The lowest BCUT2D eigenvalue weighted by molar-refractivity contribution is -0.386. The molecule has 2 heterocycles. The smallest absolute Gasteiger partial charge is 0.407 e. The predicted octanol–water partition coefficient (Wildman–Crippen LogP) is 0.576. The summed E-state index contributed by atoms with van der Waals surface area (Å²) in [6.07, 6.45) is -0.179. The molecule has 1 atom stereocenters. The Labute approximate surface area is 117 Å². The summed E-state index contributed by atoms with van der Waals surface area (Å²) < 4.78 is 5.24. The Hall–Kier alpha value is -2.91. The molecule has 1 aromatic heterocycles. The number of aliphatic carboxylic acids is 1. The third kappa shape index (κ3) is 2.68. The minimum Gasteiger partial charge on any atom is -0.478 e. The van der Waals surface area contributed by atoms with E-state index in [0.717, 1.165) is 11.0 Å². The van der Waals surface area contributed by atoms with Crippen molar-refractivity contribution in [1.29, 1.82) is 0 Å². The van der Waals surface area contributed by atoms with Gasteiger partial charge in [-0.05, 0) is 6.07 Å². The highest BCUT2D eigenvalue weighted by atomic mass is 16.6. The van der Waals surface area contributed by atoms with Crippen molar-refractivity contribution in [2.24, 2.45) is 0 Å². The zero-order valence-corrected chi connectivity index (χ0v) is 10.6. The molecule has 0 radical (unpaired) electrons. The summed E-state index contributed by atoms with van der Waals surface area (Å²) in [4.78, 5) is 37.0. The average molecular weight is 297 g/mol. The molecule has 10 nitrogen and oxygen atoms in total. The van der Waals surface area contributed by atoms with Crippen LogP contribution >= 0.6 is 0 Å². The maximum absolute atomic E-state index is 11.4. The fraction of sp³-hybridized carbons (Fsp3) is 0.364. The van der Waals surface area contributed by atoms with Crippen LogP contribution in [0.5, 0.6) is 5.88 Å². The highest BCUT2D eigenvalue weighted by molar-refractivity contribution is 5.80. The number of ether oxygens (including phenoxy) is 1. The van der Waals surface area contributed by atoms with Crippen molar-refractivity contribution in [3.8, 4) is 5.88 Å². The zero-order valence-electron chi connectivity index (χ0n) is 10.6. The molecule has 1 amide bonds. The van der Waals surface area contributed by atoms with Crippen molar-refractivity contribution >= 4 is 17.7 Å². The van der Waals surface area contributed by atoms with Crippen LogP contribution < -0.4 is 4.74 Å². The number of carboxylic acid groups (broad SMARTS) is 2. The summed E-state index contributed by atoms with van der Waals surface area (Å²) >= 11 is 0. The first kappa shape index (κ1) is 14.5. The number of rotatable bonds is 4. The number of likely N-dealkylation sites (tertiary alicyclic amines) is 1. The van der Waals surface area contributed by atoms with Gasteiger partial charge in [-0.15, -0.1) is 0 Å². The van der Waals surface area contributed by atoms with Crippen molar-refractivity contribution in [1.82, 2.24) is 9.88 Å². The second-order valence-corrected chi connectivity index (χ2v) is 4.44. The molecule has 1 saturated heterocycles. The first-order chi connectivity index (χ1) is 9.85. The van der Waals surface area contributed by atoms with Gasteiger partial charge in [0.15, 0.2) is 0 Å². The molecule has 1 aliphatic rings. The molecule has 0 bridgehead atoms. The average Bonchev–Trinajstić information content (AvgIpc) is 2.85. The molecule has 112 valence electrons. The summed E-state index contributed by atoms with van der Waals surface area (Å²) in [5.41, 5.74) is -2.36. The van der Waals surface area contributed by atoms with E-state index in [-0.39, 0.29) is 13.0 Å². The van der Waals surface area contributed by atoms with Crippen LogP contribution in [0, 0.1) is 10.1 Å². The van der Waals surface area contributed by atoms with Crippen LogP contribution in [0.25, 0.3) is 0 Å². The van der Waals surface area contributed by atoms with Crippen LogP contribution in [0.1, 0.15) is 6.42 Å². The Morgan fingerprint density at radius 3 is 2.71 bits per heavy atom. The number of nitrogens with zero attached hydrogens (tertiary/aromatic N) is 3. The molecule has 21 heavy (non-hydrogen) atoms. The maximum atomic E-state index is 11.4. The molecule has 1 aliphatic heterocycles. The molecular weight excluding hydrogens is 286 g/mol. The number of hydrogen-bond donors (Lipinski definition) is 2. The monoisotopic (exact) mass is 297 g/mol. The van der Waals surface area contributed by atoms with E-state index in [9.17, 15) is 24.8 Å². The normalized spacial score (nSPS) is 21.0. The van der Waals surface area contributed by atoms with Gasteiger partial charge in [-0.1, -0.05) is 0 Å². The van der Waals surface area contributed by atoms with Gasteiger partial charge in [-0.2, -0.15) is 0 Å². The number of aromatic nitrogens is 1. The van der Waals surface area contributed by atoms with E-state index in [1.165, 1.54) is 12.3 Å². The number of amides is 1. The fourth-order valence-corrected chi connectivity index (χ4v) is 2.03. The van der Waals surface area contributed by atoms with Crippen LogP contribution in [-0.2, 0) is 4.79 Å². The Balaban J connectivity index is 2.33. The SMILES string of the molecule is O=C(O)N1CCC(Oc2ncccc2[N+](=O)[O-])(C(=O)O)C1.